The maximum atomic E-state index is 12.4. The van der Waals surface area contributed by atoms with E-state index in [-0.39, 0.29) is 5.91 Å². The molecule has 0 saturated heterocycles. The maximum Gasteiger partial charge on any atom is 0.224 e. The van der Waals surface area contributed by atoms with Gasteiger partial charge in [-0.2, -0.15) is 0 Å². The van der Waals surface area contributed by atoms with E-state index in [1.165, 1.54) is 25.7 Å². The van der Waals surface area contributed by atoms with E-state index in [9.17, 15) is 4.79 Å². The molecule has 6 heteroatoms. The van der Waals surface area contributed by atoms with Crippen LogP contribution in [0, 0.1) is 0 Å². The summed E-state index contributed by atoms with van der Waals surface area (Å²) in [7, 11) is 1.63. The van der Waals surface area contributed by atoms with Gasteiger partial charge < -0.3 is 19.8 Å². The van der Waals surface area contributed by atoms with E-state index in [4.69, 9.17) is 9.15 Å². The zero-order valence-corrected chi connectivity index (χ0v) is 17.2. The summed E-state index contributed by atoms with van der Waals surface area (Å²) >= 11 is 0. The lowest BCUT2D eigenvalue weighted by atomic mass is 10.2. The van der Waals surface area contributed by atoms with Crippen LogP contribution in [-0.4, -0.2) is 24.0 Å². The summed E-state index contributed by atoms with van der Waals surface area (Å²) in [4.78, 5) is 16.7. The van der Waals surface area contributed by atoms with Crippen molar-refractivity contribution in [3.8, 4) is 17.1 Å². The minimum Gasteiger partial charge on any atom is -0.497 e. The van der Waals surface area contributed by atoms with Crippen LogP contribution in [0.2, 0.25) is 0 Å². The second-order valence-electron chi connectivity index (χ2n) is 7.60. The van der Waals surface area contributed by atoms with Gasteiger partial charge in [0.2, 0.25) is 5.91 Å². The molecular weight excluding hydrogens is 378 g/mol. The first-order valence-electron chi connectivity index (χ1n) is 10.5. The van der Waals surface area contributed by atoms with E-state index >= 15 is 0 Å². The second kappa shape index (κ2) is 9.48. The lowest BCUT2D eigenvalue weighted by Gasteiger charge is -2.14. The van der Waals surface area contributed by atoms with Crippen molar-refractivity contribution in [2.75, 3.05) is 17.7 Å². The average Bonchev–Trinajstić information content (AvgIpc) is 3.45. The third kappa shape index (κ3) is 5.20. The van der Waals surface area contributed by atoms with Crippen LogP contribution in [0.25, 0.3) is 11.3 Å². The summed E-state index contributed by atoms with van der Waals surface area (Å²) in [6.07, 6.45) is 7.44. The second-order valence-corrected chi connectivity index (χ2v) is 7.60. The summed E-state index contributed by atoms with van der Waals surface area (Å²) in [6.45, 7) is 0. The SMILES string of the molecule is COc1ccc(-c2cnc(CCC(=O)Nc3cccc(NC4CCCC4)c3)o2)cc1. The van der Waals surface area contributed by atoms with E-state index < -0.39 is 0 Å². The van der Waals surface area contributed by atoms with Crippen molar-refractivity contribution in [2.45, 2.75) is 44.6 Å². The van der Waals surface area contributed by atoms with E-state index in [2.05, 4.69) is 15.6 Å². The fourth-order valence-electron chi connectivity index (χ4n) is 3.75. The number of hydrogen-bond donors (Lipinski definition) is 2. The first-order chi connectivity index (χ1) is 14.7. The quantitative estimate of drug-likeness (QED) is 0.533. The van der Waals surface area contributed by atoms with E-state index in [0.717, 1.165) is 22.7 Å². The first kappa shape index (κ1) is 20.0. The molecule has 3 aromatic rings. The van der Waals surface area contributed by atoms with Crippen LogP contribution in [-0.2, 0) is 11.2 Å². The van der Waals surface area contributed by atoms with Crippen molar-refractivity contribution in [3.63, 3.8) is 0 Å². The molecule has 1 aliphatic carbocycles. The fourth-order valence-corrected chi connectivity index (χ4v) is 3.75. The number of aromatic nitrogens is 1. The van der Waals surface area contributed by atoms with Crippen molar-refractivity contribution < 1.29 is 13.9 Å². The van der Waals surface area contributed by atoms with Crippen LogP contribution in [0.4, 0.5) is 11.4 Å². The normalized spacial score (nSPS) is 13.9. The van der Waals surface area contributed by atoms with Gasteiger partial charge in [-0.25, -0.2) is 4.98 Å². The number of hydrogen-bond acceptors (Lipinski definition) is 5. The molecule has 4 rings (SSSR count). The lowest BCUT2D eigenvalue weighted by molar-refractivity contribution is -0.116. The zero-order chi connectivity index (χ0) is 20.8. The van der Waals surface area contributed by atoms with Crippen molar-refractivity contribution in [1.29, 1.82) is 0 Å². The third-order valence-corrected chi connectivity index (χ3v) is 5.37. The first-order valence-corrected chi connectivity index (χ1v) is 10.5. The topological polar surface area (TPSA) is 76.4 Å². The average molecular weight is 405 g/mol. The van der Waals surface area contributed by atoms with E-state index in [0.29, 0.717) is 30.5 Å². The molecule has 2 aromatic carbocycles. The minimum absolute atomic E-state index is 0.0581. The van der Waals surface area contributed by atoms with Gasteiger partial charge in [-0.15, -0.1) is 0 Å². The molecule has 0 spiro atoms. The molecule has 0 aliphatic heterocycles. The molecule has 0 radical (unpaired) electrons. The smallest absolute Gasteiger partial charge is 0.224 e. The molecule has 0 bridgehead atoms. The van der Waals surface area contributed by atoms with Crippen LogP contribution >= 0.6 is 0 Å². The van der Waals surface area contributed by atoms with Crippen molar-refractivity contribution in [3.05, 3.63) is 60.6 Å². The molecule has 1 heterocycles. The van der Waals surface area contributed by atoms with Gasteiger partial charge in [0, 0.05) is 35.8 Å². The fraction of sp³-hybridized carbons (Fsp3) is 0.333. The third-order valence-electron chi connectivity index (χ3n) is 5.37. The number of amides is 1. The Labute approximate surface area is 176 Å². The number of rotatable bonds is 8. The van der Waals surface area contributed by atoms with E-state index in [1.54, 1.807) is 13.3 Å². The van der Waals surface area contributed by atoms with Gasteiger partial charge in [0.1, 0.15) is 5.75 Å². The van der Waals surface area contributed by atoms with Gasteiger partial charge in [0.05, 0.1) is 13.3 Å². The monoisotopic (exact) mass is 405 g/mol. The predicted molar refractivity (Wildman–Crippen MR) is 118 cm³/mol. The Morgan fingerprint density at radius 3 is 2.67 bits per heavy atom. The van der Waals surface area contributed by atoms with Crippen LogP contribution in [0.5, 0.6) is 5.75 Å². The summed E-state index contributed by atoms with van der Waals surface area (Å²) in [5.41, 5.74) is 2.77. The Kier molecular flexibility index (Phi) is 6.32. The molecule has 2 N–H and O–H groups in total. The number of nitrogens with zero attached hydrogens (tertiary/aromatic N) is 1. The molecule has 1 amide bonds. The van der Waals surface area contributed by atoms with Crippen LogP contribution < -0.4 is 15.4 Å². The summed E-state index contributed by atoms with van der Waals surface area (Å²) < 4.78 is 11.0. The molecule has 156 valence electrons. The van der Waals surface area contributed by atoms with Gasteiger partial charge in [0.25, 0.3) is 0 Å². The standard InChI is InChI=1S/C24H27N3O3/c1-29-21-11-9-17(10-12-21)22-16-25-24(30-22)14-13-23(28)27-20-8-4-7-19(15-20)26-18-5-2-3-6-18/h4,7-12,15-16,18,26H,2-3,5-6,13-14H2,1H3,(H,27,28). The van der Waals surface area contributed by atoms with Gasteiger partial charge >= 0.3 is 0 Å². The number of nitrogens with one attached hydrogen (secondary N) is 2. The number of ether oxygens (including phenoxy) is 1. The van der Waals surface area contributed by atoms with Crippen molar-refractivity contribution in [1.82, 2.24) is 4.98 Å². The number of oxazole rings is 1. The Balaban J connectivity index is 1.29. The minimum atomic E-state index is -0.0581. The van der Waals surface area contributed by atoms with Crippen LogP contribution in [0.15, 0.2) is 59.1 Å². The Hall–Kier alpha value is -3.28. The molecule has 1 saturated carbocycles. The zero-order valence-electron chi connectivity index (χ0n) is 17.2. The van der Waals surface area contributed by atoms with Gasteiger partial charge in [0.15, 0.2) is 11.7 Å². The van der Waals surface area contributed by atoms with E-state index in [1.807, 2.05) is 48.5 Å². The Bertz CT molecular complexity index is 975. The summed E-state index contributed by atoms with van der Waals surface area (Å²) in [5.74, 6) is 1.96. The lowest BCUT2D eigenvalue weighted by Crippen LogP contribution is -2.15. The number of aryl methyl sites for hydroxylation is 1. The number of carbonyl (C=O) groups is 1. The maximum absolute atomic E-state index is 12.4. The molecule has 1 fully saturated rings. The van der Waals surface area contributed by atoms with Crippen molar-refractivity contribution in [2.24, 2.45) is 0 Å². The highest BCUT2D eigenvalue weighted by Gasteiger charge is 2.15. The largest absolute Gasteiger partial charge is 0.497 e. The van der Waals surface area contributed by atoms with Crippen LogP contribution in [0.1, 0.15) is 38.0 Å². The summed E-state index contributed by atoms with van der Waals surface area (Å²) in [5, 5.41) is 6.52. The molecule has 0 unspecified atom stereocenters. The van der Waals surface area contributed by atoms with Crippen LogP contribution in [0.3, 0.4) is 0 Å². The highest BCUT2D eigenvalue weighted by Crippen LogP contribution is 2.25. The Morgan fingerprint density at radius 1 is 1.13 bits per heavy atom. The van der Waals surface area contributed by atoms with Gasteiger partial charge in [-0.05, 0) is 55.3 Å². The summed E-state index contributed by atoms with van der Waals surface area (Å²) in [6, 6.07) is 16.0. The molecule has 1 aliphatic rings. The number of anilines is 2. The molecule has 0 atom stereocenters. The highest BCUT2D eigenvalue weighted by molar-refractivity contribution is 5.91. The van der Waals surface area contributed by atoms with Gasteiger partial charge in [-0.1, -0.05) is 18.9 Å². The number of benzene rings is 2. The highest BCUT2D eigenvalue weighted by atomic mass is 16.5. The van der Waals surface area contributed by atoms with Crippen molar-refractivity contribution >= 4 is 17.3 Å². The molecule has 1 aromatic heterocycles. The number of carbonyl (C=O) groups excluding carboxylic acids is 1. The Morgan fingerprint density at radius 2 is 1.90 bits per heavy atom. The van der Waals surface area contributed by atoms with Gasteiger partial charge in [-0.3, -0.25) is 4.79 Å². The molecule has 30 heavy (non-hydrogen) atoms. The molecular formula is C24H27N3O3. The predicted octanol–water partition coefficient (Wildman–Crippen LogP) is 5.28. The number of methoxy groups -OCH3 is 1. The molecule has 6 nitrogen and oxygen atoms in total.